The zero-order valence-electron chi connectivity index (χ0n) is 8.23. The van der Waals surface area contributed by atoms with Gasteiger partial charge >= 0.3 is 0 Å². The Morgan fingerprint density at radius 2 is 2.50 bits per heavy atom. The lowest BCUT2D eigenvalue weighted by Crippen LogP contribution is -2.43. The highest BCUT2D eigenvalue weighted by atomic mass is 32.1. The maximum atomic E-state index is 5.25. The molecule has 1 aromatic rings. The lowest BCUT2D eigenvalue weighted by atomic mass is 10.4. The summed E-state index contributed by atoms with van der Waals surface area (Å²) in [6, 6.07) is 0. The first-order valence-electron chi connectivity index (χ1n) is 4.84. The smallest absolute Gasteiger partial charge is 0.169 e. The fourth-order valence-corrected chi connectivity index (χ4v) is 1.91. The van der Waals surface area contributed by atoms with E-state index in [-0.39, 0.29) is 0 Å². The Kier molecular flexibility index (Phi) is 2.67. The molecule has 0 bridgehead atoms. The topological polar surface area (TPSA) is 33.1 Å². The van der Waals surface area contributed by atoms with Crippen LogP contribution in [0.15, 0.2) is 12.4 Å². The molecule has 0 amide bonds. The number of thiocarbonyl (C=S) groups is 1. The Morgan fingerprint density at radius 1 is 1.64 bits per heavy atom. The molecule has 1 aromatic heterocycles. The number of hydrogen-bond acceptors (Lipinski definition) is 2. The summed E-state index contributed by atoms with van der Waals surface area (Å²) in [4.78, 5) is 6.44. The molecule has 0 saturated carbocycles. The number of nitrogens with one attached hydrogen (secondary N) is 1. The van der Waals surface area contributed by atoms with Crippen LogP contribution in [-0.2, 0) is 13.1 Å². The maximum Gasteiger partial charge on any atom is 0.169 e. The molecule has 0 aromatic carbocycles. The van der Waals surface area contributed by atoms with Crippen LogP contribution < -0.4 is 5.32 Å². The second kappa shape index (κ2) is 3.96. The number of imidazole rings is 1. The third-order valence-corrected chi connectivity index (χ3v) is 2.76. The van der Waals surface area contributed by atoms with Crippen LogP contribution in [-0.4, -0.2) is 32.7 Å². The van der Waals surface area contributed by atoms with E-state index in [1.165, 1.54) is 0 Å². The van der Waals surface area contributed by atoms with E-state index in [9.17, 15) is 0 Å². The minimum absolute atomic E-state index is 0.818. The fraction of sp³-hybridized carbons (Fsp3) is 0.556. The van der Waals surface area contributed by atoms with Crippen molar-refractivity contribution in [3.8, 4) is 0 Å². The first-order chi connectivity index (χ1) is 6.81. The lowest BCUT2D eigenvalue weighted by Gasteiger charge is -2.29. The van der Waals surface area contributed by atoms with Crippen molar-refractivity contribution < 1.29 is 0 Å². The summed E-state index contributed by atoms with van der Waals surface area (Å²) >= 11 is 5.25. The normalized spacial score (nSPS) is 15.1. The van der Waals surface area contributed by atoms with Gasteiger partial charge in [0.15, 0.2) is 5.11 Å². The largest absolute Gasteiger partial charge is 0.363 e. The molecule has 2 heterocycles. The molecule has 0 unspecified atom stereocenters. The Morgan fingerprint density at radius 3 is 3.29 bits per heavy atom. The Labute approximate surface area is 88.9 Å². The van der Waals surface area contributed by atoms with Crippen LogP contribution in [0.1, 0.15) is 12.7 Å². The predicted octanol–water partition coefficient (Wildman–Crippen LogP) is 0.593. The summed E-state index contributed by atoms with van der Waals surface area (Å²) in [5.41, 5.74) is 0. The van der Waals surface area contributed by atoms with Crippen molar-refractivity contribution in [3.63, 3.8) is 0 Å². The summed E-state index contributed by atoms with van der Waals surface area (Å²) < 4.78 is 2.17. The highest BCUT2D eigenvalue weighted by Crippen LogP contribution is 2.09. The van der Waals surface area contributed by atoms with Gasteiger partial charge in [-0.25, -0.2) is 4.98 Å². The van der Waals surface area contributed by atoms with Crippen LogP contribution in [0.2, 0.25) is 0 Å². The molecule has 5 heteroatoms. The number of rotatable bonds is 1. The molecule has 0 fully saturated rings. The van der Waals surface area contributed by atoms with Gasteiger partial charge in [-0.15, -0.1) is 0 Å². The lowest BCUT2D eigenvalue weighted by molar-refractivity contribution is 0.326. The van der Waals surface area contributed by atoms with E-state index in [1.54, 1.807) is 0 Å². The van der Waals surface area contributed by atoms with Crippen LogP contribution in [0, 0.1) is 0 Å². The summed E-state index contributed by atoms with van der Waals surface area (Å²) in [5, 5.41) is 3.99. The fourth-order valence-electron chi connectivity index (χ4n) is 1.61. The minimum Gasteiger partial charge on any atom is -0.363 e. The average Bonchev–Trinajstić information content (AvgIpc) is 2.64. The van der Waals surface area contributed by atoms with E-state index in [0.29, 0.717) is 0 Å². The molecule has 4 nitrogen and oxygen atoms in total. The number of hydrogen-bond donors (Lipinski definition) is 1. The summed E-state index contributed by atoms with van der Waals surface area (Å²) in [7, 11) is 0. The van der Waals surface area contributed by atoms with Gasteiger partial charge in [0.05, 0.1) is 6.54 Å². The standard InChI is InChI=1S/C9H14N4S/c1-2-10-9(14)13-6-5-12-4-3-11-8(12)7-13/h3-4H,2,5-7H2,1H3,(H,10,14). The molecule has 14 heavy (non-hydrogen) atoms. The number of fused-ring (bicyclic) bond motifs is 1. The van der Waals surface area contributed by atoms with Crippen molar-refractivity contribution in [2.45, 2.75) is 20.0 Å². The number of nitrogens with zero attached hydrogens (tertiary/aromatic N) is 3. The molecule has 76 valence electrons. The second-order valence-corrected chi connectivity index (χ2v) is 3.68. The van der Waals surface area contributed by atoms with Crippen LogP contribution in [0.3, 0.4) is 0 Å². The van der Waals surface area contributed by atoms with Crippen LogP contribution in [0.25, 0.3) is 0 Å². The van der Waals surface area contributed by atoms with Gasteiger partial charge in [-0.1, -0.05) is 0 Å². The zero-order valence-corrected chi connectivity index (χ0v) is 9.05. The summed E-state index contributed by atoms with van der Waals surface area (Å²) in [5.74, 6) is 1.09. The molecular weight excluding hydrogens is 196 g/mol. The van der Waals surface area contributed by atoms with Crippen molar-refractivity contribution in [1.29, 1.82) is 0 Å². The van der Waals surface area contributed by atoms with Gasteiger partial charge in [-0.05, 0) is 19.1 Å². The van der Waals surface area contributed by atoms with Gasteiger partial charge in [0, 0.05) is 32.0 Å². The highest BCUT2D eigenvalue weighted by molar-refractivity contribution is 7.80. The molecule has 1 aliphatic heterocycles. The number of aromatic nitrogens is 2. The van der Waals surface area contributed by atoms with Gasteiger partial charge in [0.25, 0.3) is 0 Å². The predicted molar refractivity (Wildman–Crippen MR) is 58.9 cm³/mol. The van der Waals surface area contributed by atoms with Crippen molar-refractivity contribution in [1.82, 2.24) is 19.8 Å². The van der Waals surface area contributed by atoms with E-state index in [4.69, 9.17) is 12.2 Å². The van der Waals surface area contributed by atoms with Crippen LogP contribution >= 0.6 is 12.2 Å². The van der Waals surface area contributed by atoms with E-state index in [0.717, 1.165) is 37.1 Å². The van der Waals surface area contributed by atoms with Gasteiger partial charge < -0.3 is 14.8 Å². The van der Waals surface area contributed by atoms with Crippen LogP contribution in [0.5, 0.6) is 0 Å². The van der Waals surface area contributed by atoms with E-state index >= 15 is 0 Å². The minimum atomic E-state index is 0.818. The van der Waals surface area contributed by atoms with Crippen molar-refractivity contribution in [2.75, 3.05) is 13.1 Å². The molecule has 2 rings (SSSR count). The Bertz CT molecular complexity index is 333. The van der Waals surface area contributed by atoms with Crippen molar-refractivity contribution in [2.24, 2.45) is 0 Å². The van der Waals surface area contributed by atoms with Gasteiger partial charge in [0.1, 0.15) is 5.82 Å². The average molecular weight is 210 g/mol. The van der Waals surface area contributed by atoms with Gasteiger partial charge in [0.2, 0.25) is 0 Å². The molecule has 0 radical (unpaired) electrons. The quantitative estimate of drug-likeness (QED) is 0.688. The molecule has 0 atom stereocenters. The van der Waals surface area contributed by atoms with Gasteiger partial charge in [-0.2, -0.15) is 0 Å². The zero-order chi connectivity index (χ0) is 9.97. The van der Waals surface area contributed by atoms with Crippen molar-refractivity contribution >= 4 is 17.3 Å². The monoisotopic (exact) mass is 210 g/mol. The third kappa shape index (κ3) is 1.72. The third-order valence-electron chi connectivity index (χ3n) is 2.36. The first-order valence-corrected chi connectivity index (χ1v) is 5.25. The summed E-state index contributed by atoms with van der Waals surface area (Å²) in [6.45, 7) is 5.69. The van der Waals surface area contributed by atoms with E-state index in [1.807, 2.05) is 12.4 Å². The molecule has 1 aliphatic rings. The molecule has 1 N–H and O–H groups in total. The molecule has 0 aliphatic carbocycles. The van der Waals surface area contributed by atoms with E-state index in [2.05, 4.69) is 26.7 Å². The van der Waals surface area contributed by atoms with Gasteiger partial charge in [-0.3, -0.25) is 0 Å². The maximum absolute atomic E-state index is 5.25. The van der Waals surface area contributed by atoms with E-state index < -0.39 is 0 Å². The molecule has 0 spiro atoms. The second-order valence-electron chi connectivity index (χ2n) is 3.29. The first kappa shape index (κ1) is 9.45. The Hall–Kier alpha value is -1.10. The SMILES string of the molecule is CCNC(=S)N1CCn2ccnc2C1. The highest BCUT2D eigenvalue weighted by Gasteiger charge is 2.17. The molecule has 0 saturated heterocycles. The summed E-state index contributed by atoms with van der Waals surface area (Å²) in [6.07, 6.45) is 3.86. The van der Waals surface area contributed by atoms with Crippen molar-refractivity contribution in [3.05, 3.63) is 18.2 Å². The van der Waals surface area contributed by atoms with Crippen LogP contribution in [0.4, 0.5) is 0 Å². The Balaban J connectivity index is 2.04. The molecular formula is C9H14N4S.